The SMILES string of the molecule is O=C(CI)Nc1ccc(Nc2cccc3cc(S(=O)(=O)O)ccc23)cc1. The van der Waals surface area contributed by atoms with E-state index in [1.807, 2.05) is 40.8 Å². The number of fused-ring (bicyclic) bond motifs is 1. The summed E-state index contributed by atoms with van der Waals surface area (Å²) in [6, 6.07) is 17.2. The van der Waals surface area contributed by atoms with Crippen LogP contribution in [0.4, 0.5) is 17.1 Å². The van der Waals surface area contributed by atoms with Crippen molar-refractivity contribution in [3.8, 4) is 0 Å². The van der Waals surface area contributed by atoms with Crippen LogP contribution < -0.4 is 10.6 Å². The Bertz CT molecular complexity index is 1070. The van der Waals surface area contributed by atoms with E-state index < -0.39 is 10.1 Å². The summed E-state index contributed by atoms with van der Waals surface area (Å²) in [4.78, 5) is 11.3. The third-order valence-electron chi connectivity index (χ3n) is 3.72. The summed E-state index contributed by atoms with van der Waals surface area (Å²) in [5.74, 6) is -0.0602. The maximum absolute atomic E-state index is 11.4. The van der Waals surface area contributed by atoms with E-state index in [9.17, 15) is 17.8 Å². The first-order valence-electron chi connectivity index (χ1n) is 7.60. The van der Waals surface area contributed by atoms with Crippen molar-refractivity contribution in [3.05, 3.63) is 60.7 Å². The Kier molecular flexibility index (Phi) is 5.44. The van der Waals surface area contributed by atoms with Gasteiger partial charge in [-0.1, -0.05) is 40.8 Å². The molecule has 0 spiro atoms. The van der Waals surface area contributed by atoms with E-state index in [2.05, 4.69) is 10.6 Å². The molecular weight excluding hydrogens is 467 g/mol. The summed E-state index contributed by atoms with van der Waals surface area (Å²) in [5, 5.41) is 7.56. The van der Waals surface area contributed by atoms with Crippen LogP contribution in [0.3, 0.4) is 0 Å². The third-order valence-corrected chi connectivity index (χ3v) is 5.26. The molecular formula is C18H15IN2O4S. The average molecular weight is 482 g/mol. The van der Waals surface area contributed by atoms with Crippen LogP contribution in [0.25, 0.3) is 10.8 Å². The minimum atomic E-state index is -4.24. The number of hydrogen-bond donors (Lipinski definition) is 3. The number of halogens is 1. The second-order valence-electron chi connectivity index (χ2n) is 5.55. The van der Waals surface area contributed by atoms with Gasteiger partial charge in [-0.25, -0.2) is 0 Å². The van der Waals surface area contributed by atoms with Crippen molar-refractivity contribution in [1.29, 1.82) is 0 Å². The number of amides is 1. The highest BCUT2D eigenvalue weighted by Gasteiger charge is 2.11. The van der Waals surface area contributed by atoms with Crippen molar-refractivity contribution >= 4 is 66.5 Å². The maximum Gasteiger partial charge on any atom is 0.294 e. The van der Waals surface area contributed by atoms with Crippen molar-refractivity contribution in [2.75, 3.05) is 15.1 Å². The van der Waals surface area contributed by atoms with Gasteiger partial charge in [0.2, 0.25) is 5.91 Å². The van der Waals surface area contributed by atoms with Crippen LogP contribution in [-0.2, 0) is 14.9 Å². The molecule has 6 nitrogen and oxygen atoms in total. The van der Waals surface area contributed by atoms with Gasteiger partial charge in [-0.05, 0) is 47.9 Å². The zero-order valence-corrected chi connectivity index (χ0v) is 16.4. The van der Waals surface area contributed by atoms with E-state index in [0.29, 0.717) is 15.5 Å². The van der Waals surface area contributed by atoms with Crippen LogP contribution in [0.5, 0.6) is 0 Å². The molecule has 0 aromatic heterocycles. The summed E-state index contributed by atoms with van der Waals surface area (Å²) >= 11 is 2.00. The predicted octanol–water partition coefficient (Wildman–Crippen LogP) is 4.20. The molecule has 0 aliphatic heterocycles. The van der Waals surface area contributed by atoms with E-state index in [-0.39, 0.29) is 10.8 Å². The Morgan fingerprint density at radius 3 is 2.35 bits per heavy atom. The van der Waals surface area contributed by atoms with E-state index in [1.54, 1.807) is 30.3 Å². The van der Waals surface area contributed by atoms with Gasteiger partial charge in [0.15, 0.2) is 0 Å². The molecule has 3 N–H and O–H groups in total. The van der Waals surface area contributed by atoms with Crippen LogP contribution in [0.2, 0.25) is 0 Å². The summed E-state index contributed by atoms with van der Waals surface area (Å²) in [6.07, 6.45) is 0. The molecule has 3 aromatic rings. The Hall–Kier alpha value is -2.17. The minimum absolute atomic E-state index is 0.0602. The van der Waals surface area contributed by atoms with Crippen LogP contribution in [0, 0.1) is 0 Å². The first kappa shape index (κ1) is 18.6. The molecule has 3 rings (SSSR count). The topological polar surface area (TPSA) is 95.5 Å². The van der Waals surface area contributed by atoms with Crippen molar-refractivity contribution in [3.63, 3.8) is 0 Å². The van der Waals surface area contributed by atoms with Gasteiger partial charge in [0.05, 0.1) is 9.32 Å². The lowest BCUT2D eigenvalue weighted by Gasteiger charge is -2.11. The van der Waals surface area contributed by atoms with Gasteiger partial charge in [-0.15, -0.1) is 0 Å². The van der Waals surface area contributed by atoms with Crippen LogP contribution in [0.15, 0.2) is 65.6 Å². The standard InChI is InChI=1S/C18H15IN2O4S/c19-11-18(22)21-14-6-4-13(5-7-14)20-17-3-1-2-12-10-15(26(23,24)25)8-9-16(12)17/h1-10,20H,11H2,(H,21,22)(H,23,24,25). The smallest absolute Gasteiger partial charge is 0.294 e. The molecule has 0 saturated heterocycles. The monoisotopic (exact) mass is 482 g/mol. The van der Waals surface area contributed by atoms with Gasteiger partial charge < -0.3 is 10.6 Å². The quantitative estimate of drug-likeness (QED) is 0.288. The molecule has 8 heteroatoms. The van der Waals surface area contributed by atoms with Gasteiger partial charge in [0.25, 0.3) is 10.1 Å². The normalized spacial score (nSPS) is 11.3. The molecule has 0 atom stereocenters. The molecule has 0 radical (unpaired) electrons. The van der Waals surface area contributed by atoms with E-state index in [0.717, 1.165) is 16.8 Å². The first-order chi connectivity index (χ1) is 12.4. The zero-order chi connectivity index (χ0) is 18.7. The number of carbonyl (C=O) groups is 1. The summed E-state index contributed by atoms with van der Waals surface area (Å²) in [6.45, 7) is 0. The van der Waals surface area contributed by atoms with Crippen molar-refractivity contribution in [1.82, 2.24) is 0 Å². The molecule has 3 aromatic carbocycles. The summed E-state index contributed by atoms with van der Waals surface area (Å²) in [7, 11) is -4.24. The highest BCUT2D eigenvalue weighted by atomic mass is 127. The molecule has 0 saturated carbocycles. The van der Waals surface area contributed by atoms with Crippen molar-refractivity contribution in [2.24, 2.45) is 0 Å². The molecule has 0 bridgehead atoms. The number of carbonyl (C=O) groups excluding carboxylic acids is 1. The maximum atomic E-state index is 11.4. The van der Waals surface area contributed by atoms with Gasteiger partial charge in [0.1, 0.15) is 0 Å². The van der Waals surface area contributed by atoms with Gasteiger partial charge in [-0.3, -0.25) is 9.35 Å². The molecule has 0 aliphatic carbocycles. The number of rotatable bonds is 5. The van der Waals surface area contributed by atoms with Crippen LogP contribution in [0.1, 0.15) is 0 Å². The molecule has 0 heterocycles. The summed E-state index contributed by atoms with van der Waals surface area (Å²) < 4.78 is 32.2. The fraction of sp³-hybridized carbons (Fsp3) is 0.0556. The van der Waals surface area contributed by atoms with E-state index >= 15 is 0 Å². The lowest BCUT2D eigenvalue weighted by Crippen LogP contribution is -2.11. The van der Waals surface area contributed by atoms with Crippen molar-refractivity contribution in [2.45, 2.75) is 4.90 Å². The number of alkyl halides is 1. The molecule has 26 heavy (non-hydrogen) atoms. The molecule has 0 aliphatic rings. The first-order valence-corrected chi connectivity index (χ1v) is 10.6. The number of benzene rings is 3. The Morgan fingerprint density at radius 1 is 1.00 bits per heavy atom. The fourth-order valence-corrected chi connectivity index (χ4v) is 3.22. The number of hydrogen-bond acceptors (Lipinski definition) is 4. The molecule has 0 unspecified atom stereocenters. The number of nitrogens with one attached hydrogen (secondary N) is 2. The van der Waals surface area contributed by atoms with E-state index in [4.69, 9.17) is 0 Å². The molecule has 0 fully saturated rings. The zero-order valence-electron chi connectivity index (χ0n) is 13.4. The number of anilines is 3. The summed E-state index contributed by atoms with van der Waals surface area (Å²) in [5.41, 5.74) is 2.34. The largest absolute Gasteiger partial charge is 0.355 e. The minimum Gasteiger partial charge on any atom is -0.355 e. The van der Waals surface area contributed by atoms with E-state index in [1.165, 1.54) is 12.1 Å². The Morgan fingerprint density at radius 2 is 1.69 bits per heavy atom. The second-order valence-corrected chi connectivity index (χ2v) is 7.73. The van der Waals surface area contributed by atoms with Gasteiger partial charge in [0, 0.05) is 22.4 Å². The van der Waals surface area contributed by atoms with Crippen LogP contribution >= 0.6 is 22.6 Å². The van der Waals surface area contributed by atoms with Gasteiger partial charge in [-0.2, -0.15) is 8.42 Å². The molecule has 134 valence electrons. The third kappa shape index (κ3) is 4.32. The molecule has 1 amide bonds. The predicted molar refractivity (Wildman–Crippen MR) is 111 cm³/mol. The van der Waals surface area contributed by atoms with Gasteiger partial charge >= 0.3 is 0 Å². The Balaban J connectivity index is 1.88. The van der Waals surface area contributed by atoms with Crippen LogP contribution in [-0.4, -0.2) is 23.3 Å². The van der Waals surface area contributed by atoms with Crippen molar-refractivity contribution < 1.29 is 17.8 Å². The second kappa shape index (κ2) is 7.60. The average Bonchev–Trinajstić information content (AvgIpc) is 2.62. The Labute approximate surface area is 164 Å². The highest BCUT2D eigenvalue weighted by molar-refractivity contribution is 14.1. The lowest BCUT2D eigenvalue weighted by atomic mass is 10.1. The lowest BCUT2D eigenvalue weighted by molar-refractivity contribution is -0.113. The fourth-order valence-electron chi connectivity index (χ4n) is 2.52. The highest BCUT2D eigenvalue weighted by Crippen LogP contribution is 2.28.